The van der Waals surface area contributed by atoms with Gasteiger partial charge in [-0.1, -0.05) is 56.3 Å². The van der Waals surface area contributed by atoms with Crippen LogP contribution in [0.2, 0.25) is 0 Å². The molecular weight excluding hydrogens is 396 g/mol. The van der Waals surface area contributed by atoms with E-state index in [4.69, 9.17) is 0 Å². The van der Waals surface area contributed by atoms with E-state index in [1.54, 1.807) is 30.3 Å². The van der Waals surface area contributed by atoms with E-state index in [1.807, 2.05) is 35.2 Å². The Morgan fingerprint density at radius 2 is 1.63 bits per heavy atom. The largest absolute Gasteiger partial charge is 0.337 e. The number of benzene rings is 2. The standard InChI is InChI=1S/C24H26N2O3S/c1-17-13-18(2)15-26(14-17)24(27)22-11-6-9-20(25-22)16-30(28,29)23-12-5-8-19-7-3-4-10-21(19)23/h3-12,17-18H,13-16H2,1-2H3. The summed E-state index contributed by atoms with van der Waals surface area (Å²) in [5.41, 5.74) is 0.689. The van der Waals surface area contributed by atoms with Gasteiger partial charge in [-0.3, -0.25) is 4.79 Å². The Kier molecular flexibility index (Phi) is 5.60. The van der Waals surface area contributed by atoms with Crippen LogP contribution in [0.1, 0.15) is 36.5 Å². The quantitative estimate of drug-likeness (QED) is 0.628. The Labute approximate surface area is 177 Å². The molecule has 4 rings (SSSR count). The summed E-state index contributed by atoms with van der Waals surface area (Å²) in [6.07, 6.45) is 1.11. The Morgan fingerprint density at radius 1 is 0.967 bits per heavy atom. The van der Waals surface area contributed by atoms with Crippen LogP contribution in [0.15, 0.2) is 65.6 Å². The van der Waals surface area contributed by atoms with E-state index in [1.165, 1.54) is 0 Å². The lowest BCUT2D eigenvalue weighted by Crippen LogP contribution is -2.42. The number of aromatic nitrogens is 1. The van der Waals surface area contributed by atoms with Gasteiger partial charge >= 0.3 is 0 Å². The molecule has 5 nitrogen and oxygen atoms in total. The average molecular weight is 423 g/mol. The lowest BCUT2D eigenvalue weighted by Gasteiger charge is -2.34. The first-order valence-electron chi connectivity index (χ1n) is 10.3. The van der Waals surface area contributed by atoms with Gasteiger partial charge in [-0.25, -0.2) is 13.4 Å². The summed E-state index contributed by atoms with van der Waals surface area (Å²) in [6.45, 7) is 5.72. The van der Waals surface area contributed by atoms with Crippen molar-refractivity contribution in [2.45, 2.75) is 30.9 Å². The third-order valence-electron chi connectivity index (χ3n) is 5.60. The van der Waals surface area contributed by atoms with Gasteiger partial charge in [-0.2, -0.15) is 0 Å². The zero-order chi connectivity index (χ0) is 21.3. The van der Waals surface area contributed by atoms with Gasteiger partial charge in [0.25, 0.3) is 5.91 Å². The molecular formula is C24H26N2O3S. The molecule has 2 aromatic carbocycles. The molecule has 0 bridgehead atoms. The predicted molar refractivity (Wildman–Crippen MR) is 118 cm³/mol. The Morgan fingerprint density at radius 3 is 2.40 bits per heavy atom. The maximum absolute atomic E-state index is 13.1. The molecule has 156 valence electrons. The third-order valence-corrected chi connectivity index (χ3v) is 7.31. The number of carbonyl (C=O) groups excluding carboxylic acids is 1. The highest BCUT2D eigenvalue weighted by atomic mass is 32.2. The number of carbonyl (C=O) groups is 1. The van der Waals surface area contributed by atoms with Crippen molar-refractivity contribution in [2.24, 2.45) is 11.8 Å². The molecule has 1 fully saturated rings. The number of hydrogen-bond acceptors (Lipinski definition) is 4. The lowest BCUT2D eigenvalue weighted by molar-refractivity contribution is 0.0617. The number of fused-ring (bicyclic) bond motifs is 1. The highest BCUT2D eigenvalue weighted by Crippen LogP contribution is 2.26. The molecule has 0 radical (unpaired) electrons. The smallest absolute Gasteiger partial charge is 0.272 e. The number of hydrogen-bond donors (Lipinski definition) is 0. The predicted octanol–water partition coefficient (Wildman–Crippen LogP) is 4.33. The molecule has 1 amide bonds. The first-order valence-corrected chi connectivity index (χ1v) is 11.9. The minimum atomic E-state index is -3.61. The number of likely N-dealkylation sites (tertiary alicyclic amines) is 1. The summed E-state index contributed by atoms with van der Waals surface area (Å²) in [5, 5.41) is 1.58. The van der Waals surface area contributed by atoms with E-state index in [2.05, 4.69) is 18.8 Å². The van der Waals surface area contributed by atoms with Gasteiger partial charge in [-0.15, -0.1) is 0 Å². The van der Waals surface area contributed by atoms with E-state index >= 15 is 0 Å². The fraction of sp³-hybridized carbons (Fsp3) is 0.333. The highest BCUT2D eigenvalue weighted by molar-refractivity contribution is 7.90. The fourth-order valence-electron chi connectivity index (χ4n) is 4.41. The van der Waals surface area contributed by atoms with Crippen molar-refractivity contribution in [1.82, 2.24) is 9.88 Å². The summed E-state index contributed by atoms with van der Waals surface area (Å²) >= 11 is 0. The Hall–Kier alpha value is -2.73. The number of sulfone groups is 1. The van der Waals surface area contributed by atoms with Crippen LogP contribution in [-0.2, 0) is 15.6 Å². The summed E-state index contributed by atoms with van der Waals surface area (Å²) in [7, 11) is -3.61. The van der Waals surface area contributed by atoms with Crippen molar-refractivity contribution in [3.63, 3.8) is 0 Å². The number of nitrogens with zero attached hydrogens (tertiary/aromatic N) is 2. The summed E-state index contributed by atoms with van der Waals surface area (Å²) in [4.78, 5) is 19.5. The molecule has 1 saturated heterocycles. The van der Waals surface area contributed by atoms with Crippen molar-refractivity contribution < 1.29 is 13.2 Å². The third kappa shape index (κ3) is 4.24. The molecule has 2 heterocycles. The van der Waals surface area contributed by atoms with Crippen LogP contribution in [0.25, 0.3) is 10.8 Å². The van der Waals surface area contributed by atoms with Crippen LogP contribution < -0.4 is 0 Å². The van der Waals surface area contributed by atoms with Crippen molar-refractivity contribution in [2.75, 3.05) is 13.1 Å². The van der Waals surface area contributed by atoms with Crippen LogP contribution in [0.3, 0.4) is 0 Å². The molecule has 2 atom stereocenters. The van der Waals surface area contributed by atoms with Gasteiger partial charge in [0.2, 0.25) is 0 Å². The number of pyridine rings is 1. The van der Waals surface area contributed by atoms with Crippen molar-refractivity contribution >= 4 is 26.5 Å². The molecule has 1 aliphatic heterocycles. The minimum Gasteiger partial charge on any atom is -0.337 e. The first-order chi connectivity index (χ1) is 14.3. The zero-order valence-electron chi connectivity index (χ0n) is 17.3. The molecule has 3 aromatic rings. The van der Waals surface area contributed by atoms with Crippen LogP contribution in [0.4, 0.5) is 0 Å². The molecule has 1 aliphatic rings. The highest BCUT2D eigenvalue weighted by Gasteiger charge is 2.27. The van der Waals surface area contributed by atoms with E-state index in [9.17, 15) is 13.2 Å². The maximum atomic E-state index is 13.1. The van der Waals surface area contributed by atoms with E-state index in [0.717, 1.165) is 11.8 Å². The van der Waals surface area contributed by atoms with Gasteiger partial charge in [-0.05, 0) is 41.8 Å². The summed E-state index contributed by atoms with van der Waals surface area (Å²) in [5.74, 6) is 0.535. The fourth-order valence-corrected chi connectivity index (χ4v) is 5.92. The van der Waals surface area contributed by atoms with Crippen molar-refractivity contribution in [3.05, 3.63) is 72.1 Å². The lowest BCUT2D eigenvalue weighted by atomic mass is 9.92. The molecule has 30 heavy (non-hydrogen) atoms. The molecule has 0 saturated carbocycles. The number of piperidine rings is 1. The number of rotatable bonds is 4. The molecule has 0 N–H and O–H groups in total. The van der Waals surface area contributed by atoms with Gasteiger partial charge < -0.3 is 4.90 Å². The normalized spacial score (nSPS) is 19.7. The van der Waals surface area contributed by atoms with Gasteiger partial charge in [0.05, 0.1) is 16.3 Å². The van der Waals surface area contributed by atoms with E-state index in [0.29, 0.717) is 41.7 Å². The Balaban J connectivity index is 1.60. The van der Waals surface area contributed by atoms with E-state index < -0.39 is 9.84 Å². The first kappa shape index (κ1) is 20.5. The topological polar surface area (TPSA) is 67.3 Å². The molecule has 2 unspecified atom stereocenters. The summed E-state index contributed by atoms with van der Waals surface area (Å²) in [6, 6.07) is 17.8. The van der Waals surface area contributed by atoms with Gasteiger partial charge in [0.1, 0.15) is 5.69 Å². The molecule has 0 spiro atoms. The molecule has 0 aliphatic carbocycles. The van der Waals surface area contributed by atoms with Crippen molar-refractivity contribution in [3.8, 4) is 0 Å². The molecule has 6 heteroatoms. The zero-order valence-corrected chi connectivity index (χ0v) is 18.1. The van der Waals surface area contributed by atoms with Crippen LogP contribution in [0.5, 0.6) is 0 Å². The van der Waals surface area contributed by atoms with Gasteiger partial charge in [0, 0.05) is 18.5 Å². The minimum absolute atomic E-state index is 0.127. The average Bonchev–Trinajstić information content (AvgIpc) is 2.72. The van der Waals surface area contributed by atoms with Crippen LogP contribution in [0, 0.1) is 11.8 Å². The van der Waals surface area contributed by atoms with Gasteiger partial charge in [0.15, 0.2) is 9.84 Å². The van der Waals surface area contributed by atoms with E-state index in [-0.39, 0.29) is 16.6 Å². The monoisotopic (exact) mass is 422 g/mol. The second-order valence-electron chi connectivity index (χ2n) is 8.41. The second-order valence-corrected chi connectivity index (χ2v) is 10.4. The molecule has 1 aromatic heterocycles. The maximum Gasteiger partial charge on any atom is 0.272 e. The van der Waals surface area contributed by atoms with Crippen LogP contribution >= 0.6 is 0 Å². The summed E-state index contributed by atoms with van der Waals surface area (Å²) < 4.78 is 26.3. The van der Waals surface area contributed by atoms with Crippen molar-refractivity contribution in [1.29, 1.82) is 0 Å². The second kappa shape index (κ2) is 8.19. The Bertz CT molecular complexity index is 1170. The number of amides is 1. The SMILES string of the molecule is CC1CC(C)CN(C(=O)c2cccc(CS(=O)(=O)c3cccc4ccccc34)n2)C1. The van der Waals surface area contributed by atoms with Crippen LogP contribution in [-0.4, -0.2) is 37.3 Å².